The zero-order valence-electron chi connectivity index (χ0n) is 12.1. The molecule has 1 aromatic rings. The van der Waals surface area contributed by atoms with Crippen molar-refractivity contribution in [1.82, 2.24) is 4.90 Å². The minimum Gasteiger partial charge on any atom is -0.285 e. The zero-order chi connectivity index (χ0) is 19.2. The Morgan fingerprint density at radius 1 is 0.840 bits per heavy atom. The van der Waals surface area contributed by atoms with Crippen LogP contribution in [-0.4, -0.2) is 28.1 Å². The van der Waals surface area contributed by atoms with Crippen LogP contribution in [0, 0.1) is 6.92 Å². The van der Waals surface area contributed by atoms with Crippen molar-refractivity contribution >= 4 is 116 Å². The molecule has 1 unspecified atom stereocenters. The maximum atomic E-state index is 6.08. The summed E-state index contributed by atoms with van der Waals surface area (Å²) in [6.07, 6.45) is -0.943. The van der Waals surface area contributed by atoms with Gasteiger partial charge in [-0.3, -0.25) is 4.90 Å². The molecule has 0 spiro atoms. The van der Waals surface area contributed by atoms with Crippen molar-refractivity contribution in [3.8, 4) is 0 Å². The van der Waals surface area contributed by atoms with E-state index < -0.39 is 17.7 Å². The molecule has 0 aromatic heterocycles. The fraction of sp³-hybridized carbons (Fsp3) is 0.385. The van der Waals surface area contributed by atoms with Crippen LogP contribution in [0.15, 0.2) is 34.3 Å². The van der Waals surface area contributed by atoms with Gasteiger partial charge in [-0.2, -0.15) is 0 Å². The number of amidine groups is 2. The SMILES string of the molecule is Cc1ccc(C2N=C(C(Cl)(Cl)Cl)N=C(C(Cl)(Cl)Cl)N2C(Cl)(Cl)Cl)cc1. The summed E-state index contributed by atoms with van der Waals surface area (Å²) in [6, 6.07) is 7.22. The molecular formula is C13H8Cl9N3. The van der Waals surface area contributed by atoms with E-state index in [1.54, 1.807) is 12.1 Å². The quantitative estimate of drug-likeness (QED) is 0.282. The molecule has 1 atom stereocenters. The summed E-state index contributed by atoms with van der Waals surface area (Å²) >= 11 is 54.0. The van der Waals surface area contributed by atoms with Gasteiger partial charge in [0.1, 0.15) is 0 Å². The van der Waals surface area contributed by atoms with Gasteiger partial charge in [0.25, 0.3) is 3.92 Å². The fourth-order valence-electron chi connectivity index (χ4n) is 2.03. The number of aryl methyl sites for hydroxylation is 1. The van der Waals surface area contributed by atoms with Gasteiger partial charge in [-0.1, -0.05) is 134 Å². The molecule has 12 heteroatoms. The van der Waals surface area contributed by atoms with Gasteiger partial charge in [0.15, 0.2) is 17.8 Å². The van der Waals surface area contributed by atoms with Crippen LogP contribution in [0.3, 0.4) is 0 Å². The highest BCUT2D eigenvalue weighted by molar-refractivity contribution is 6.79. The van der Waals surface area contributed by atoms with Crippen LogP contribution in [0.5, 0.6) is 0 Å². The van der Waals surface area contributed by atoms with Crippen LogP contribution < -0.4 is 0 Å². The van der Waals surface area contributed by atoms with Gasteiger partial charge in [0, 0.05) is 0 Å². The zero-order valence-corrected chi connectivity index (χ0v) is 18.9. The smallest absolute Gasteiger partial charge is 0.271 e. The lowest BCUT2D eigenvalue weighted by molar-refractivity contribution is 0.318. The maximum Gasteiger partial charge on any atom is 0.271 e. The van der Waals surface area contributed by atoms with Gasteiger partial charge in [-0.15, -0.1) is 0 Å². The highest BCUT2D eigenvalue weighted by atomic mass is 35.6. The highest BCUT2D eigenvalue weighted by Crippen LogP contribution is 2.47. The van der Waals surface area contributed by atoms with Crippen LogP contribution in [0.1, 0.15) is 17.3 Å². The molecule has 0 bridgehead atoms. The number of benzene rings is 1. The first-order chi connectivity index (χ1) is 11.2. The van der Waals surface area contributed by atoms with Gasteiger partial charge >= 0.3 is 0 Å². The van der Waals surface area contributed by atoms with Crippen LogP contribution >= 0.6 is 104 Å². The molecule has 0 aliphatic carbocycles. The Kier molecular flexibility index (Phi) is 6.92. The molecule has 2 rings (SSSR count). The van der Waals surface area contributed by atoms with Gasteiger partial charge in [0.05, 0.1) is 0 Å². The van der Waals surface area contributed by atoms with Crippen molar-refractivity contribution in [3.63, 3.8) is 0 Å². The number of aliphatic imine (C=N–C) groups is 2. The molecule has 1 heterocycles. The van der Waals surface area contributed by atoms with Crippen molar-refractivity contribution in [2.75, 3.05) is 0 Å². The van der Waals surface area contributed by atoms with E-state index in [2.05, 4.69) is 9.98 Å². The first kappa shape index (κ1) is 22.3. The molecule has 3 nitrogen and oxygen atoms in total. The van der Waals surface area contributed by atoms with Crippen molar-refractivity contribution in [2.24, 2.45) is 9.98 Å². The van der Waals surface area contributed by atoms with Crippen molar-refractivity contribution in [3.05, 3.63) is 35.4 Å². The minimum absolute atomic E-state index is 0.199. The van der Waals surface area contributed by atoms with Gasteiger partial charge < -0.3 is 0 Å². The predicted molar refractivity (Wildman–Crippen MR) is 111 cm³/mol. The Labute approximate surface area is 189 Å². The average Bonchev–Trinajstić information content (AvgIpc) is 2.44. The molecular weight excluding hydrogens is 517 g/mol. The van der Waals surface area contributed by atoms with E-state index in [1.807, 2.05) is 19.1 Å². The molecule has 0 amide bonds. The Bertz CT molecular complexity index is 695. The summed E-state index contributed by atoms with van der Waals surface area (Å²) < 4.78 is -6.07. The third-order valence-corrected chi connectivity index (χ3v) is 4.65. The summed E-state index contributed by atoms with van der Waals surface area (Å²) in [6.45, 7) is 1.92. The lowest BCUT2D eigenvalue weighted by Crippen LogP contribution is -2.51. The summed E-state index contributed by atoms with van der Waals surface area (Å²) in [7, 11) is 0. The number of hydrogen-bond donors (Lipinski definition) is 0. The molecule has 1 aliphatic rings. The molecule has 0 fully saturated rings. The molecule has 1 aromatic carbocycles. The van der Waals surface area contributed by atoms with E-state index in [0.29, 0.717) is 5.56 Å². The van der Waals surface area contributed by atoms with E-state index in [9.17, 15) is 0 Å². The summed E-state index contributed by atoms with van der Waals surface area (Å²) in [5, 5.41) is 0. The third kappa shape index (κ3) is 5.49. The molecule has 0 radical (unpaired) electrons. The largest absolute Gasteiger partial charge is 0.285 e. The number of halogens is 9. The summed E-state index contributed by atoms with van der Waals surface area (Å²) in [5.41, 5.74) is 1.63. The normalized spacial score (nSPS) is 19.6. The Morgan fingerprint density at radius 3 is 1.76 bits per heavy atom. The second-order valence-corrected chi connectivity index (χ2v) is 11.8. The van der Waals surface area contributed by atoms with Crippen molar-refractivity contribution < 1.29 is 0 Å². The second-order valence-electron chi connectivity index (χ2n) is 5.01. The molecule has 138 valence electrons. The van der Waals surface area contributed by atoms with Gasteiger partial charge in [0.2, 0.25) is 7.59 Å². The third-order valence-electron chi connectivity index (χ3n) is 3.08. The Balaban J connectivity index is 2.70. The Morgan fingerprint density at radius 2 is 1.36 bits per heavy atom. The van der Waals surface area contributed by atoms with Crippen LogP contribution in [-0.2, 0) is 0 Å². The van der Waals surface area contributed by atoms with Crippen molar-refractivity contribution in [2.45, 2.75) is 24.6 Å². The summed E-state index contributed by atoms with van der Waals surface area (Å²) in [4.78, 5) is 9.43. The second kappa shape index (κ2) is 7.77. The maximum absolute atomic E-state index is 6.08. The van der Waals surface area contributed by atoms with Crippen LogP contribution in [0.25, 0.3) is 0 Å². The number of alkyl halides is 9. The molecule has 25 heavy (non-hydrogen) atoms. The average molecular weight is 525 g/mol. The van der Waals surface area contributed by atoms with Gasteiger partial charge in [-0.05, 0) is 12.5 Å². The number of hydrogen-bond acceptors (Lipinski definition) is 3. The lowest BCUT2D eigenvalue weighted by atomic mass is 10.1. The van der Waals surface area contributed by atoms with E-state index >= 15 is 0 Å². The standard InChI is InChI=1S/C13H8Cl9N3/c1-6-2-4-7(5-3-6)8-23-9(11(14,15)16)24-10(12(17,18)19)25(8)13(20,21)22/h2-5,8H,1H3. The van der Waals surface area contributed by atoms with Crippen LogP contribution in [0.4, 0.5) is 0 Å². The first-order valence-corrected chi connectivity index (χ1v) is 9.85. The predicted octanol–water partition coefficient (Wildman–Crippen LogP) is 7.17. The van der Waals surface area contributed by atoms with E-state index in [1.165, 1.54) is 0 Å². The minimum atomic E-state index is -2.07. The highest BCUT2D eigenvalue weighted by Gasteiger charge is 2.49. The summed E-state index contributed by atoms with van der Waals surface area (Å²) in [5.74, 6) is -0.436. The Hall–Kier alpha value is 0.970. The lowest BCUT2D eigenvalue weighted by Gasteiger charge is -2.41. The van der Waals surface area contributed by atoms with E-state index in [-0.39, 0.29) is 11.7 Å². The molecule has 0 saturated carbocycles. The van der Waals surface area contributed by atoms with E-state index in [0.717, 1.165) is 10.5 Å². The topological polar surface area (TPSA) is 28.0 Å². The fourth-order valence-corrected chi connectivity index (χ4v) is 3.22. The molecule has 1 aliphatic heterocycles. The molecule has 0 N–H and O–H groups in total. The number of nitrogens with zero attached hydrogens (tertiary/aromatic N) is 3. The molecule has 0 saturated heterocycles. The van der Waals surface area contributed by atoms with Crippen LogP contribution in [0.2, 0.25) is 0 Å². The first-order valence-electron chi connectivity index (χ1n) is 6.45. The van der Waals surface area contributed by atoms with Gasteiger partial charge in [-0.25, -0.2) is 9.98 Å². The monoisotopic (exact) mass is 521 g/mol. The number of rotatable bonds is 1. The van der Waals surface area contributed by atoms with Crippen molar-refractivity contribution in [1.29, 1.82) is 0 Å². The van der Waals surface area contributed by atoms with E-state index in [4.69, 9.17) is 104 Å².